The summed E-state index contributed by atoms with van der Waals surface area (Å²) in [5.41, 5.74) is 8.40. The summed E-state index contributed by atoms with van der Waals surface area (Å²) in [5.74, 6) is 1.13. The van der Waals surface area contributed by atoms with Crippen molar-refractivity contribution in [1.82, 2.24) is 19.7 Å². The Hall–Kier alpha value is -3.19. The van der Waals surface area contributed by atoms with Gasteiger partial charge in [-0.15, -0.1) is 0 Å². The first-order valence-electron chi connectivity index (χ1n) is 11.9. The summed E-state index contributed by atoms with van der Waals surface area (Å²) in [5, 5.41) is 5.14. The second kappa shape index (κ2) is 7.99. The van der Waals surface area contributed by atoms with Gasteiger partial charge in [0.2, 0.25) is 5.91 Å². The third kappa shape index (κ3) is 3.51. The van der Waals surface area contributed by atoms with Gasteiger partial charge in [0.1, 0.15) is 0 Å². The summed E-state index contributed by atoms with van der Waals surface area (Å²) >= 11 is 0. The van der Waals surface area contributed by atoms with Crippen LogP contribution in [0.3, 0.4) is 0 Å². The highest BCUT2D eigenvalue weighted by Crippen LogP contribution is 2.40. The minimum absolute atomic E-state index is 0.127. The first-order chi connectivity index (χ1) is 16.1. The number of aromatic nitrogens is 3. The summed E-state index contributed by atoms with van der Waals surface area (Å²) in [7, 11) is 0. The van der Waals surface area contributed by atoms with Gasteiger partial charge in [-0.3, -0.25) is 14.5 Å². The summed E-state index contributed by atoms with van der Waals surface area (Å²) in [4.78, 5) is 20.9. The van der Waals surface area contributed by atoms with Crippen molar-refractivity contribution >= 4 is 17.4 Å². The third-order valence-electron chi connectivity index (χ3n) is 7.17. The number of ether oxygens (including phenoxy) is 1. The fourth-order valence-corrected chi connectivity index (χ4v) is 5.22. The molecule has 5 heterocycles. The van der Waals surface area contributed by atoms with E-state index in [1.54, 1.807) is 6.92 Å². The number of hydrogen-bond donors (Lipinski definition) is 0. The Labute approximate surface area is 194 Å². The van der Waals surface area contributed by atoms with Crippen LogP contribution >= 0.6 is 0 Å². The fraction of sp³-hybridized carbons (Fsp3) is 0.423. The SMILES string of the molecule is CC(=O)N1CCc2c(c(N3CCCc4cc(-c5ccc(C)nc5)ccc43)nn2C2COC2)C1. The second-order valence-electron chi connectivity index (χ2n) is 9.36. The van der Waals surface area contributed by atoms with E-state index in [0.717, 1.165) is 49.4 Å². The second-order valence-corrected chi connectivity index (χ2v) is 9.36. The maximum Gasteiger partial charge on any atom is 0.219 e. The fourth-order valence-electron chi connectivity index (χ4n) is 5.22. The molecule has 1 aromatic carbocycles. The number of carbonyl (C=O) groups is 1. The molecule has 0 aliphatic carbocycles. The van der Waals surface area contributed by atoms with Crippen LogP contribution in [0.5, 0.6) is 0 Å². The van der Waals surface area contributed by atoms with Crippen molar-refractivity contribution in [2.45, 2.75) is 45.7 Å². The van der Waals surface area contributed by atoms with Crippen molar-refractivity contribution in [3.63, 3.8) is 0 Å². The molecule has 3 aliphatic heterocycles. The first-order valence-corrected chi connectivity index (χ1v) is 11.9. The first kappa shape index (κ1) is 20.4. The monoisotopic (exact) mass is 443 g/mol. The van der Waals surface area contributed by atoms with Crippen LogP contribution in [0.1, 0.15) is 41.9 Å². The van der Waals surface area contributed by atoms with E-state index in [9.17, 15) is 4.79 Å². The summed E-state index contributed by atoms with van der Waals surface area (Å²) in [6.07, 6.45) is 4.93. The van der Waals surface area contributed by atoms with Gasteiger partial charge in [-0.05, 0) is 49.1 Å². The van der Waals surface area contributed by atoms with Gasteiger partial charge in [-0.25, -0.2) is 0 Å². The zero-order valence-corrected chi connectivity index (χ0v) is 19.3. The molecule has 6 rings (SSSR count). The quantitative estimate of drug-likeness (QED) is 0.616. The molecule has 0 bridgehead atoms. The highest BCUT2D eigenvalue weighted by Gasteiger charge is 2.34. The number of anilines is 2. The van der Waals surface area contributed by atoms with Crippen LogP contribution in [-0.4, -0.2) is 51.9 Å². The molecule has 0 spiro atoms. The van der Waals surface area contributed by atoms with E-state index >= 15 is 0 Å². The van der Waals surface area contributed by atoms with Gasteiger partial charge in [0.25, 0.3) is 0 Å². The highest BCUT2D eigenvalue weighted by molar-refractivity contribution is 5.76. The van der Waals surface area contributed by atoms with Crippen LogP contribution in [-0.2, 0) is 28.9 Å². The number of amides is 1. The molecule has 0 unspecified atom stereocenters. The van der Waals surface area contributed by atoms with E-state index in [4.69, 9.17) is 9.84 Å². The molecule has 0 atom stereocenters. The maximum atomic E-state index is 12.2. The molecule has 1 saturated heterocycles. The lowest BCUT2D eigenvalue weighted by Gasteiger charge is -2.33. The predicted octanol–water partition coefficient (Wildman–Crippen LogP) is 3.81. The van der Waals surface area contributed by atoms with Gasteiger partial charge in [-0.1, -0.05) is 12.1 Å². The Morgan fingerprint density at radius 1 is 1.09 bits per heavy atom. The summed E-state index contributed by atoms with van der Waals surface area (Å²) in [6.45, 7) is 7.42. The van der Waals surface area contributed by atoms with Crippen molar-refractivity contribution in [3.05, 3.63) is 59.0 Å². The Morgan fingerprint density at radius 2 is 1.94 bits per heavy atom. The molecule has 0 radical (unpaired) electrons. The highest BCUT2D eigenvalue weighted by atomic mass is 16.5. The number of aryl methyl sites for hydroxylation is 2. The molecule has 3 aromatic rings. The van der Waals surface area contributed by atoms with Gasteiger partial charge in [0.05, 0.1) is 25.8 Å². The van der Waals surface area contributed by atoms with Crippen molar-refractivity contribution in [3.8, 4) is 11.1 Å². The molecule has 33 heavy (non-hydrogen) atoms. The molecule has 2 aromatic heterocycles. The van der Waals surface area contributed by atoms with Crippen LogP contribution in [0.15, 0.2) is 36.5 Å². The van der Waals surface area contributed by atoms with Crippen LogP contribution in [0.2, 0.25) is 0 Å². The molecule has 0 N–H and O–H groups in total. The Morgan fingerprint density at radius 3 is 2.67 bits per heavy atom. The number of fused-ring (bicyclic) bond motifs is 2. The topological polar surface area (TPSA) is 63.5 Å². The van der Waals surface area contributed by atoms with Gasteiger partial charge in [-0.2, -0.15) is 5.10 Å². The zero-order chi connectivity index (χ0) is 22.5. The lowest BCUT2D eigenvalue weighted by molar-refractivity contribution is -0.129. The summed E-state index contributed by atoms with van der Waals surface area (Å²) in [6, 6.07) is 11.2. The number of hydrogen-bond acceptors (Lipinski definition) is 5. The Bertz CT molecular complexity index is 1210. The van der Waals surface area contributed by atoms with E-state index in [1.165, 1.54) is 28.1 Å². The minimum Gasteiger partial charge on any atom is -0.377 e. The van der Waals surface area contributed by atoms with Crippen LogP contribution in [0.4, 0.5) is 11.5 Å². The van der Waals surface area contributed by atoms with Crippen molar-refractivity contribution in [2.75, 3.05) is 31.2 Å². The summed E-state index contributed by atoms with van der Waals surface area (Å²) < 4.78 is 7.66. The van der Waals surface area contributed by atoms with E-state index in [2.05, 4.69) is 44.9 Å². The van der Waals surface area contributed by atoms with E-state index in [-0.39, 0.29) is 5.91 Å². The lowest BCUT2D eigenvalue weighted by Crippen LogP contribution is -2.37. The average molecular weight is 444 g/mol. The molecule has 7 heteroatoms. The Kier molecular flexibility index (Phi) is 4.94. The van der Waals surface area contributed by atoms with Crippen LogP contribution in [0, 0.1) is 6.92 Å². The van der Waals surface area contributed by atoms with Crippen LogP contribution in [0.25, 0.3) is 11.1 Å². The minimum atomic E-state index is 0.127. The number of pyridine rings is 1. The molecule has 7 nitrogen and oxygen atoms in total. The smallest absolute Gasteiger partial charge is 0.219 e. The van der Waals surface area contributed by atoms with Crippen molar-refractivity contribution in [2.24, 2.45) is 0 Å². The van der Waals surface area contributed by atoms with Gasteiger partial charge >= 0.3 is 0 Å². The molecule has 1 fully saturated rings. The molecular formula is C26H29N5O2. The molecule has 170 valence electrons. The van der Waals surface area contributed by atoms with Gasteiger partial charge < -0.3 is 14.5 Å². The molecule has 3 aliphatic rings. The van der Waals surface area contributed by atoms with Crippen molar-refractivity contribution < 1.29 is 9.53 Å². The van der Waals surface area contributed by atoms with E-state index in [1.807, 2.05) is 18.0 Å². The number of nitrogens with zero attached hydrogens (tertiary/aromatic N) is 5. The zero-order valence-electron chi connectivity index (χ0n) is 19.3. The number of carbonyl (C=O) groups excluding carboxylic acids is 1. The van der Waals surface area contributed by atoms with Crippen molar-refractivity contribution in [1.29, 1.82) is 0 Å². The third-order valence-corrected chi connectivity index (χ3v) is 7.17. The van der Waals surface area contributed by atoms with E-state index < -0.39 is 0 Å². The maximum absolute atomic E-state index is 12.2. The molecule has 1 amide bonds. The molecule has 0 saturated carbocycles. The van der Waals surface area contributed by atoms with Crippen LogP contribution < -0.4 is 4.90 Å². The largest absolute Gasteiger partial charge is 0.377 e. The molecular weight excluding hydrogens is 414 g/mol. The lowest BCUT2D eigenvalue weighted by atomic mass is 9.96. The normalized spacial score (nSPS) is 18.0. The standard InChI is InChI=1S/C26H29N5O2/c1-17-5-6-21(13-27-17)19-7-8-24-20(12-19)4-3-10-30(24)26-23-14-29(18(2)32)11-9-25(23)31(28-26)22-15-33-16-22/h5-8,12-13,22H,3-4,9-11,14-16H2,1-2H3. The predicted molar refractivity (Wildman–Crippen MR) is 127 cm³/mol. The van der Waals surface area contributed by atoms with Gasteiger partial charge in [0.15, 0.2) is 5.82 Å². The Balaban J connectivity index is 1.40. The van der Waals surface area contributed by atoms with Gasteiger partial charge in [0, 0.05) is 60.8 Å². The average Bonchev–Trinajstić information content (AvgIpc) is 3.16. The van der Waals surface area contributed by atoms with E-state index in [0.29, 0.717) is 25.8 Å². The number of benzene rings is 1. The number of rotatable bonds is 3.